The van der Waals surface area contributed by atoms with Crippen LogP contribution < -0.4 is 0 Å². The predicted molar refractivity (Wildman–Crippen MR) is 61.1 cm³/mol. The molecule has 0 aliphatic rings. The molecule has 4 heteroatoms. The Bertz CT molecular complexity index is 552. The number of carboxylic acids is 1. The fourth-order valence-electron chi connectivity index (χ4n) is 1.49. The molecule has 0 atom stereocenters. The van der Waals surface area contributed by atoms with Crippen molar-refractivity contribution in [3.05, 3.63) is 40.1 Å². The Morgan fingerprint density at radius 1 is 1.40 bits per heavy atom. The summed E-state index contributed by atoms with van der Waals surface area (Å²) in [4.78, 5) is 14.9. The standard InChI is InChI=1S/C11H8BrNO2/c1-6-2-3-7-8(4-6)10(11(14)15)13-5-9(7)12/h2-5H,1H3,(H,14,15). The number of fused-ring (bicyclic) bond motifs is 1. The molecule has 0 fully saturated rings. The maximum absolute atomic E-state index is 11.0. The number of nitrogens with zero attached hydrogens (tertiary/aromatic N) is 1. The number of aromatic nitrogens is 1. The summed E-state index contributed by atoms with van der Waals surface area (Å²) in [5, 5.41) is 10.5. The maximum Gasteiger partial charge on any atom is 0.355 e. The second-order valence-electron chi connectivity index (χ2n) is 3.31. The van der Waals surface area contributed by atoms with Crippen LogP contribution in [0.4, 0.5) is 0 Å². The summed E-state index contributed by atoms with van der Waals surface area (Å²) in [6, 6.07) is 5.66. The van der Waals surface area contributed by atoms with Gasteiger partial charge in [-0.3, -0.25) is 0 Å². The molecule has 0 aliphatic carbocycles. The highest BCUT2D eigenvalue weighted by atomic mass is 79.9. The maximum atomic E-state index is 11.0. The molecule has 1 heterocycles. The van der Waals surface area contributed by atoms with Gasteiger partial charge in [-0.15, -0.1) is 0 Å². The number of hydrogen-bond acceptors (Lipinski definition) is 2. The Hall–Kier alpha value is -1.42. The summed E-state index contributed by atoms with van der Waals surface area (Å²) in [6.45, 7) is 1.92. The summed E-state index contributed by atoms with van der Waals surface area (Å²) in [5.41, 5.74) is 1.11. The van der Waals surface area contributed by atoms with Crippen LogP contribution in [0.5, 0.6) is 0 Å². The van der Waals surface area contributed by atoms with Crippen molar-refractivity contribution in [2.24, 2.45) is 0 Å². The molecular weight excluding hydrogens is 258 g/mol. The van der Waals surface area contributed by atoms with Crippen molar-refractivity contribution in [3.63, 3.8) is 0 Å². The van der Waals surface area contributed by atoms with Gasteiger partial charge in [0.2, 0.25) is 0 Å². The van der Waals surface area contributed by atoms with E-state index in [-0.39, 0.29) is 5.69 Å². The molecule has 0 radical (unpaired) electrons. The van der Waals surface area contributed by atoms with E-state index in [1.807, 2.05) is 25.1 Å². The predicted octanol–water partition coefficient (Wildman–Crippen LogP) is 3.00. The van der Waals surface area contributed by atoms with Crippen LogP contribution in [0.2, 0.25) is 0 Å². The average molecular weight is 266 g/mol. The first-order valence-electron chi connectivity index (χ1n) is 4.38. The van der Waals surface area contributed by atoms with E-state index in [0.717, 1.165) is 15.4 Å². The topological polar surface area (TPSA) is 50.2 Å². The normalized spacial score (nSPS) is 10.5. The lowest BCUT2D eigenvalue weighted by molar-refractivity contribution is 0.0693. The lowest BCUT2D eigenvalue weighted by Crippen LogP contribution is -2.01. The molecule has 2 aromatic rings. The number of aryl methyl sites for hydroxylation is 1. The van der Waals surface area contributed by atoms with E-state index in [9.17, 15) is 4.79 Å². The molecule has 0 unspecified atom stereocenters. The Balaban J connectivity index is 2.90. The summed E-state index contributed by atoms with van der Waals surface area (Å²) in [7, 11) is 0. The molecule has 0 aliphatic heterocycles. The van der Waals surface area contributed by atoms with Crippen LogP contribution in [0.25, 0.3) is 10.8 Å². The summed E-state index contributed by atoms with van der Waals surface area (Å²) in [5.74, 6) is -1.00. The van der Waals surface area contributed by atoms with E-state index in [0.29, 0.717) is 5.39 Å². The average Bonchev–Trinajstić information content (AvgIpc) is 2.17. The minimum atomic E-state index is -1.00. The van der Waals surface area contributed by atoms with Crippen molar-refractivity contribution in [1.82, 2.24) is 4.98 Å². The zero-order valence-electron chi connectivity index (χ0n) is 7.99. The molecule has 0 amide bonds. The van der Waals surface area contributed by atoms with E-state index in [4.69, 9.17) is 5.11 Å². The van der Waals surface area contributed by atoms with Crippen LogP contribution in [0, 0.1) is 6.92 Å². The molecule has 3 nitrogen and oxygen atoms in total. The van der Waals surface area contributed by atoms with E-state index in [1.165, 1.54) is 6.20 Å². The summed E-state index contributed by atoms with van der Waals surface area (Å²) in [6.07, 6.45) is 1.52. The van der Waals surface area contributed by atoms with Crippen LogP contribution in [0.3, 0.4) is 0 Å². The molecule has 76 valence electrons. The molecule has 15 heavy (non-hydrogen) atoms. The first-order valence-corrected chi connectivity index (χ1v) is 5.17. The SMILES string of the molecule is Cc1ccc2c(Br)cnc(C(=O)O)c2c1. The second-order valence-corrected chi connectivity index (χ2v) is 4.16. The number of hydrogen-bond donors (Lipinski definition) is 1. The van der Waals surface area contributed by atoms with Gasteiger partial charge in [0.1, 0.15) is 0 Å². The molecule has 1 aromatic carbocycles. The highest BCUT2D eigenvalue weighted by Crippen LogP contribution is 2.26. The first kappa shape index (κ1) is 10.1. The van der Waals surface area contributed by atoms with Crippen LogP contribution in [-0.2, 0) is 0 Å². The lowest BCUT2D eigenvalue weighted by atomic mass is 10.1. The van der Waals surface area contributed by atoms with E-state index < -0.39 is 5.97 Å². The fourth-order valence-corrected chi connectivity index (χ4v) is 1.94. The van der Waals surface area contributed by atoms with Gasteiger partial charge in [-0.1, -0.05) is 17.7 Å². The Morgan fingerprint density at radius 3 is 2.80 bits per heavy atom. The van der Waals surface area contributed by atoms with Gasteiger partial charge in [-0.25, -0.2) is 9.78 Å². The van der Waals surface area contributed by atoms with Crippen LogP contribution in [-0.4, -0.2) is 16.1 Å². The number of aromatic carboxylic acids is 1. The highest BCUT2D eigenvalue weighted by molar-refractivity contribution is 9.10. The van der Waals surface area contributed by atoms with Gasteiger partial charge in [0.15, 0.2) is 5.69 Å². The number of benzene rings is 1. The van der Waals surface area contributed by atoms with Gasteiger partial charge >= 0.3 is 5.97 Å². The summed E-state index contributed by atoms with van der Waals surface area (Å²) < 4.78 is 0.808. The first-order chi connectivity index (χ1) is 7.09. The third-order valence-electron chi connectivity index (χ3n) is 2.20. The summed E-state index contributed by atoms with van der Waals surface area (Å²) >= 11 is 3.35. The van der Waals surface area contributed by atoms with E-state index >= 15 is 0 Å². The zero-order valence-corrected chi connectivity index (χ0v) is 9.58. The monoisotopic (exact) mass is 265 g/mol. The molecule has 1 aromatic heterocycles. The lowest BCUT2D eigenvalue weighted by Gasteiger charge is -2.04. The molecular formula is C11H8BrNO2. The zero-order chi connectivity index (χ0) is 11.0. The molecule has 0 saturated carbocycles. The number of pyridine rings is 1. The van der Waals surface area contributed by atoms with Gasteiger partial charge in [0, 0.05) is 16.1 Å². The Labute approximate surface area is 94.9 Å². The quantitative estimate of drug-likeness (QED) is 0.863. The van der Waals surface area contributed by atoms with Gasteiger partial charge in [-0.05, 0) is 34.3 Å². The van der Waals surface area contributed by atoms with Crippen LogP contribution in [0.15, 0.2) is 28.9 Å². The molecule has 2 rings (SSSR count). The highest BCUT2D eigenvalue weighted by Gasteiger charge is 2.11. The number of halogens is 1. The van der Waals surface area contributed by atoms with E-state index in [1.54, 1.807) is 0 Å². The minimum absolute atomic E-state index is 0.0944. The van der Waals surface area contributed by atoms with Crippen LogP contribution in [0.1, 0.15) is 16.1 Å². The molecule has 0 spiro atoms. The van der Waals surface area contributed by atoms with Crippen molar-refractivity contribution in [2.45, 2.75) is 6.92 Å². The second kappa shape index (κ2) is 3.62. The van der Waals surface area contributed by atoms with Gasteiger partial charge < -0.3 is 5.11 Å². The van der Waals surface area contributed by atoms with Crippen molar-refractivity contribution < 1.29 is 9.90 Å². The molecule has 1 N–H and O–H groups in total. The van der Waals surface area contributed by atoms with Crippen molar-refractivity contribution in [3.8, 4) is 0 Å². The van der Waals surface area contributed by atoms with Gasteiger partial charge in [0.25, 0.3) is 0 Å². The van der Waals surface area contributed by atoms with Crippen LogP contribution >= 0.6 is 15.9 Å². The third kappa shape index (κ3) is 1.72. The van der Waals surface area contributed by atoms with Gasteiger partial charge in [-0.2, -0.15) is 0 Å². The number of carboxylic acid groups (broad SMARTS) is 1. The Morgan fingerprint density at radius 2 is 2.13 bits per heavy atom. The van der Waals surface area contributed by atoms with Crippen molar-refractivity contribution >= 4 is 32.7 Å². The number of carbonyl (C=O) groups is 1. The van der Waals surface area contributed by atoms with Crippen molar-refractivity contribution in [2.75, 3.05) is 0 Å². The largest absolute Gasteiger partial charge is 0.476 e. The molecule has 0 saturated heterocycles. The third-order valence-corrected chi connectivity index (χ3v) is 2.83. The fraction of sp³-hybridized carbons (Fsp3) is 0.0909. The Kier molecular flexibility index (Phi) is 2.44. The van der Waals surface area contributed by atoms with E-state index in [2.05, 4.69) is 20.9 Å². The minimum Gasteiger partial charge on any atom is -0.476 e. The molecule has 0 bridgehead atoms. The number of rotatable bonds is 1. The van der Waals surface area contributed by atoms with Crippen molar-refractivity contribution in [1.29, 1.82) is 0 Å². The smallest absolute Gasteiger partial charge is 0.355 e. The van der Waals surface area contributed by atoms with Gasteiger partial charge in [0.05, 0.1) is 0 Å².